The highest BCUT2D eigenvalue weighted by atomic mass is 79.9. The Morgan fingerprint density at radius 3 is 2.53 bits per heavy atom. The van der Waals surface area contributed by atoms with Crippen LogP contribution in [0.2, 0.25) is 0 Å². The number of ether oxygens (including phenoxy) is 1. The number of hydrogen-bond acceptors (Lipinski definition) is 3. The average Bonchev–Trinajstić information content (AvgIpc) is 3.04. The minimum Gasteiger partial charge on any atom is -0.465 e. The largest absolute Gasteiger partial charge is 0.465 e. The Hall–Kier alpha value is -0.140. The molecule has 5 nitrogen and oxygen atoms in total. The summed E-state index contributed by atoms with van der Waals surface area (Å²) in [5.41, 5.74) is 0. The van der Waals surface area contributed by atoms with Crippen molar-refractivity contribution in [2.75, 3.05) is 13.2 Å². The fraction of sp³-hybridized carbons (Fsp3) is 0.800. The zero-order valence-electron chi connectivity index (χ0n) is 9.20. The molecule has 1 saturated carbocycles. The molecule has 0 saturated heterocycles. The van der Waals surface area contributed by atoms with Crippen LogP contribution in [0.4, 0.5) is 4.79 Å². The number of alkyl halides is 2. The summed E-state index contributed by atoms with van der Waals surface area (Å²) in [6, 6.07) is -0.838. The van der Waals surface area contributed by atoms with Crippen LogP contribution >= 0.6 is 31.9 Å². The van der Waals surface area contributed by atoms with Crippen molar-refractivity contribution >= 4 is 43.7 Å². The fourth-order valence-electron chi connectivity index (χ4n) is 1.35. The number of amides is 1. The summed E-state index contributed by atoms with van der Waals surface area (Å²) >= 11 is 6.10. The molecule has 7 heteroatoms. The predicted molar refractivity (Wildman–Crippen MR) is 69.8 cm³/mol. The molecule has 0 aromatic heterocycles. The molecule has 1 aliphatic carbocycles. The zero-order valence-corrected chi connectivity index (χ0v) is 12.4. The van der Waals surface area contributed by atoms with Gasteiger partial charge in [0, 0.05) is 6.61 Å². The summed E-state index contributed by atoms with van der Waals surface area (Å²) in [7, 11) is 0. The number of Topliss-reactive ketones (excluding diaryl/α,β-unsaturated/α-hetero) is 1. The molecule has 1 fully saturated rings. The number of ketones is 1. The van der Waals surface area contributed by atoms with Crippen LogP contribution in [-0.4, -0.2) is 40.0 Å². The Labute approximate surface area is 117 Å². The first kappa shape index (κ1) is 14.9. The predicted octanol–water partition coefficient (Wildman–Crippen LogP) is 2.12. The molecule has 17 heavy (non-hydrogen) atoms. The Kier molecular flexibility index (Phi) is 6.43. The maximum atomic E-state index is 11.6. The highest BCUT2D eigenvalue weighted by Gasteiger charge is 2.26. The van der Waals surface area contributed by atoms with E-state index in [1.807, 2.05) is 0 Å². The van der Waals surface area contributed by atoms with E-state index in [2.05, 4.69) is 37.2 Å². The maximum Gasteiger partial charge on any atom is 0.405 e. The summed E-state index contributed by atoms with van der Waals surface area (Å²) in [6.45, 7) is 0.649. The van der Waals surface area contributed by atoms with E-state index in [0.29, 0.717) is 6.61 Å². The van der Waals surface area contributed by atoms with Crippen molar-refractivity contribution in [2.45, 2.75) is 29.0 Å². The standard InChI is InChI=1S/C10H15Br2NO4/c11-9(12)8(14)7(13-10(15)16)5-17-4-3-6-1-2-6/h6-7,9,13H,1-5H2,(H,15,16)/t7-/m0/s1. The van der Waals surface area contributed by atoms with E-state index in [4.69, 9.17) is 9.84 Å². The highest BCUT2D eigenvalue weighted by Crippen LogP contribution is 2.32. The molecule has 0 aliphatic heterocycles. The number of carbonyl (C=O) groups excluding carboxylic acids is 1. The minimum absolute atomic E-state index is 0.0750. The summed E-state index contributed by atoms with van der Waals surface area (Å²) in [4.78, 5) is 22.2. The second kappa shape index (κ2) is 7.33. The Morgan fingerprint density at radius 1 is 1.41 bits per heavy atom. The van der Waals surface area contributed by atoms with Crippen LogP contribution in [0.1, 0.15) is 19.3 Å². The third-order valence-electron chi connectivity index (χ3n) is 2.51. The Balaban J connectivity index is 2.27. The van der Waals surface area contributed by atoms with Gasteiger partial charge in [0.05, 0.1) is 6.61 Å². The number of carboxylic acid groups (broad SMARTS) is 1. The molecule has 0 unspecified atom stereocenters. The molecule has 1 amide bonds. The van der Waals surface area contributed by atoms with Gasteiger partial charge in [-0.3, -0.25) is 4.79 Å². The van der Waals surface area contributed by atoms with Crippen LogP contribution < -0.4 is 5.32 Å². The molecule has 0 aromatic carbocycles. The average molecular weight is 373 g/mol. The van der Waals surface area contributed by atoms with Crippen molar-refractivity contribution < 1.29 is 19.4 Å². The van der Waals surface area contributed by atoms with Crippen molar-refractivity contribution in [3.8, 4) is 0 Å². The van der Waals surface area contributed by atoms with Gasteiger partial charge in [-0.1, -0.05) is 44.7 Å². The van der Waals surface area contributed by atoms with Gasteiger partial charge in [-0.2, -0.15) is 0 Å². The normalized spacial score (nSPS) is 16.9. The lowest BCUT2D eigenvalue weighted by molar-refractivity contribution is -0.120. The first-order valence-electron chi connectivity index (χ1n) is 5.39. The minimum atomic E-state index is -1.23. The van der Waals surface area contributed by atoms with Gasteiger partial charge >= 0.3 is 6.09 Å². The topological polar surface area (TPSA) is 75.6 Å². The molecule has 98 valence electrons. The van der Waals surface area contributed by atoms with Crippen LogP contribution in [0.3, 0.4) is 0 Å². The number of halogens is 2. The molecule has 0 radical (unpaired) electrons. The summed E-state index contributed by atoms with van der Waals surface area (Å²) in [6.07, 6.45) is 2.27. The van der Waals surface area contributed by atoms with Crippen LogP contribution in [-0.2, 0) is 9.53 Å². The van der Waals surface area contributed by atoms with Gasteiger partial charge < -0.3 is 15.2 Å². The van der Waals surface area contributed by atoms with E-state index in [1.54, 1.807) is 0 Å². The monoisotopic (exact) mass is 371 g/mol. The first-order valence-corrected chi connectivity index (χ1v) is 7.23. The van der Waals surface area contributed by atoms with Gasteiger partial charge in [0.1, 0.15) is 9.78 Å². The van der Waals surface area contributed by atoms with Gasteiger partial charge in [0.25, 0.3) is 0 Å². The molecule has 0 aromatic rings. The maximum absolute atomic E-state index is 11.6. The number of hydrogen-bond donors (Lipinski definition) is 2. The van der Waals surface area contributed by atoms with Crippen LogP contribution in [0.5, 0.6) is 0 Å². The zero-order chi connectivity index (χ0) is 12.8. The third kappa shape index (κ3) is 6.38. The van der Waals surface area contributed by atoms with Gasteiger partial charge in [-0.15, -0.1) is 0 Å². The summed E-state index contributed by atoms with van der Waals surface area (Å²) in [5, 5.41) is 10.8. The Morgan fingerprint density at radius 2 is 2.06 bits per heavy atom. The van der Waals surface area contributed by atoms with Gasteiger partial charge in [0.2, 0.25) is 0 Å². The number of rotatable bonds is 8. The van der Waals surface area contributed by atoms with Crippen molar-refractivity contribution in [3.05, 3.63) is 0 Å². The van der Waals surface area contributed by atoms with Gasteiger partial charge in [-0.25, -0.2) is 4.79 Å². The van der Waals surface area contributed by atoms with E-state index >= 15 is 0 Å². The van der Waals surface area contributed by atoms with E-state index < -0.39 is 15.9 Å². The van der Waals surface area contributed by atoms with Crippen molar-refractivity contribution in [3.63, 3.8) is 0 Å². The van der Waals surface area contributed by atoms with E-state index in [-0.39, 0.29) is 12.4 Å². The lowest BCUT2D eigenvalue weighted by atomic mass is 10.2. The lowest BCUT2D eigenvalue weighted by Gasteiger charge is -2.16. The smallest absolute Gasteiger partial charge is 0.405 e. The van der Waals surface area contributed by atoms with Crippen molar-refractivity contribution in [1.82, 2.24) is 5.32 Å². The molecular weight excluding hydrogens is 358 g/mol. The molecule has 1 atom stereocenters. The van der Waals surface area contributed by atoms with Crippen molar-refractivity contribution in [2.24, 2.45) is 5.92 Å². The second-order valence-corrected chi connectivity index (χ2v) is 7.07. The first-order chi connectivity index (χ1) is 8.00. The quantitative estimate of drug-likeness (QED) is 0.505. The van der Waals surface area contributed by atoms with Gasteiger partial charge in [0.15, 0.2) is 5.78 Å². The second-order valence-electron chi connectivity index (χ2n) is 4.01. The fourth-order valence-corrected chi connectivity index (χ4v) is 1.99. The molecule has 0 bridgehead atoms. The van der Waals surface area contributed by atoms with Crippen molar-refractivity contribution in [1.29, 1.82) is 0 Å². The number of carbonyl (C=O) groups is 2. The molecular formula is C10H15Br2NO4. The molecule has 0 heterocycles. The van der Waals surface area contributed by atoms with Gasteiger partial charge in [-0.05, 0) is 12.3 Å². The molecule has 1 rings (SSSR count). The number of nitrogens with one attached hydrogen (secondary N) is 1. The third-order valence-corrected chi connectivity index (χ3v) is 3.41. The van der Waals surface area contributed by atoms with E-state index in [9.17, 15) is 9.59 Å². The summed E-state index contributed by atoms with van der Waals surface area (Å²) < 4.78 is 4.76. The van der Waals surface area contributed by atoms with Crippen LogP contribution in [0, 0.1) is 5.92 Å². The van der Waals surface area contributed by atoms with Crippen LogP contribution in [0.15, 0.2) is 0 Å². The molecule has 2 N–H and O–H groups in total. The summed E-state index contributed by atoms with van der Waals surface area (Å²) in [5.74, 6) is 0.468. The molecule has 0 spiro atoms. The highest BCUT2D eigenvalue weighted by molar-refractivity contribution is 9.25. The van der Waals surface area contributed by atoms with Crippen LogP contribution in [0.25, 0.3) is 0 Å². The van der Waals surface area contributed by atoms with E-state index in [0.717, 1.165) is 12.3 Å². The van der Waals surface area contributed by atoms with E-state index in [1.165, 1.54) is 12.8 Å². The Bertz CT molecular complexity index is 281. The lowest BCUT2D eigenvalue weighted by Crippen LogP contribution is -2.45. The molecule has 1 aliphatic rings. The SMILES string of the molecule is O=C(O)N[C@@H](COCCC1CC1)C(=O)C(Br)Br.